The van der Waals surface area contributed by atoms with Gasteiger partial charge >= 0.3 is 0 Å². The van der Waals surface area contributed by atoms with Gasteiger partial charge in [-0.15, -0.1) is 0 Å². The summed E-state index contributed by atoms with van der Waals surface area (Å²) in [5.41, 5.74) is 0. The van der Waals surface area contributed by atoms with Gasteiger partial charge in [0.25, 0.3) is 0 Å². The third-order valence-electron chi connectivity index (χ3n) is 4.76. The highest BCUT2D eigenvalue weighted by molar-refractivity contribution is 7.99. The quantitative estimate of drug-likeness (QED) is 0.764. The van der Waals surface area contributed by atoms with Crippen molar-refractivity contribution in [2.45, 2.75) is 31.7 Å². The number of hydrogen-bond donors (Lipinski definition) is 0. The Morgan fingerprint density at radius 1 is 1.33 bits per heavy atom. The van der Waals surface area contributed by atoms with Crippen LogP contribution in [0.3, 0.4) is 0 Å². The van der Waals surface area contributed by atoms with Gasteiger partial charge in [0.05, 0.1) is 6.61 Å². The molecular formula is C14H23NO2S. The van der Waals surface area contributed by atoms with E-state index in [4.69, 9.17) is 4.74 Å². The minimum absolute atomic E-state index is 0.330. The number of carbonyl (C=O) groups excluding carboxylic acids is 1. The molecule has 1 aliphatic heterocycles. The Morgan fingerprint density at radius 3 is 2.72 bits per heavy atom. The van der Waals surface area contributed by atoms with E-state index in [0.29, 0.717) is 24.5 Å². The van der Waals surface area contributed by atoms with Gasteiger partial charge < -0.3 is 9.64 Å². The van der Waals surface area contributed by atoms with E-state index in [9.17, 15) is 4.79 Å². The summed E-state index contributed by atoms with van der Waals surface area (Å²) in [7, 11) is 1.72. The van der Waals surface area contributed by atoms with Gasteiger partial charge in [0, 0.05) is 31.4 Å². The minimum atomic E-state index is 0.330. The maximum atomic E-state index is 12.7. The average Bonchev–Trinajstić information content (AvgIpc) is 2.85. The summed E-state index contributed by atoms with van der Waals surface area (Å²) in [6.45, 7) is 1.46. The van der Waals surface area contributed by atoms with Gasteiger partial charge in [-0.25, -0.2) is 0 Å². The number of thioether (sulfide) groups is 1. The van der Waals surface area contributed by atoms with E-state index < -0.39 is 0 Å². The van der Waals surface area contributed by atoms with Gasteiger partial charge in [-0.1, -0.05) is 0 Å². The van der Waals surface area contributed by atoms with Crippen LogP contribution in [0.5, 0.6) is 0 Å². The maximum absolute atomic E-state index is 12.7. The number of methoxy groups -OCH3 is 1. The molecule has 3 fully saturated rings. The Labute approximate surface area is 114 Å². The molecule has 0 radical (unpaired) electrons. The molecule has 0 aromatic carbocycles. The van der Waals surface area contributed by atoms with Crippen molar-refractivity contribution in [3.63, 3.8) is 0 Å². The van der Waals surface area contributed by atoms with Crippen molar-refractivity contribution < 1.29 is 9.53 Å². The normalized spacial score (nSPS) is 37.6. The summed E-state index contributed by atoms with van der Waals surface area (Å²) in [6, 6.07) is 0.467. The highest BCUT2D eigenvalue weighted by Gasteiger charge is 2.49. The highest BCUT2D eigenvalue weighted by Crippen LogP contribution is 2.54. The smallest absolute Gasteiger partial charge is 0.226 e. The topological polar surface area (TPSA) is 29.5 Å². The highest BCUT2D eigenvalue weighted by atomic mass is 32.2. The van der Waals surface area contributed by atoms with E-state index in [2.05, 4.69) is 4.90 Å². The first-order valence-corrected chi connectivity index (χ1v) is 8.32. The predicted octanol–water partition coefficient (Wildman–Crippen LogP) is 2.01. The predicted molar refractivity (Wildman–Crippen MR) is 73.6 cm³/mol. The van der Waals surface area contributed by atoms with Gasteiger partial charge in [0.1, 0.15) is 0 Å². The summed E-state index contributed by atoms with van der Waals surface area (Å²) in [5.74, 6) is 4.86. The molecule has 1 amide bonds. The molecule has 2 saturated carbocycles. The second kappa shape index (κ2) is 5.41. The lowest BCUT2D eigenvalue weighted by molar-refractivity contribution is -0.138. The van der Waals surface area contributed by atoms with Crippen LogP contribution in [0.2, 0.25) is 0 Å². The fraction of sp³-hybridized carbons (Fsp3) is 0.929. The molecule has 0 bridgehead atoms. The Bertz CT molecular complexity index is 307. The molecule has 3 aliphatic rings. The first-order chi connectivity index (χ1) is 8.79. The number of hydrogen-bond acceptors (Lipinski definition) is 3. The van der Waals surface area contributed by atoms with Crippen molar-refractivity contribution in [3.8, 4) is 0 Å². The lowest BCUT2D eigenvalue weighted by Crippen LogP contribution is -2.45. The molecule has 18 heavy (non-hydrogen) atoms. The molecule has 1 heterocycles. The summed E-state index contributed by atoms with van der Waals surface area (Å²) < 4.78 is 5.17. The standard InChI is InChI=1S/C14H23NO2S/c1-17-4-3-15(13-2-5-18-9-13)14(16)12-7-10-6-11(10)8-12/h10-13H,2-9H2,1H3. The van der Waals surface area contributed by atoms with E-state index in [1.165, 1.54) is 18.6 Å². The Balaban J connectivity index is 1.61. The molecule has 3 rings (SSSR count). The molecule has 4 heteroatoms. The number of rotatable bonds is 5. The van der Waals surface area contributed by atoms with Crippen molar-refractivity contribution in [3.05, 3.63) is 0 Å². The lowest BCUT2D eigenvalue weighted by Gasteiger charge is -2.31. The third-order valence-corrected chi connectivity index (χ3v) is 5.90. The second-order valence-electron chi connectivity index (χ2n) is 5.97. The summed E-state index contributed by atoms with van der Waals surface area (Å²) >= 11 is 1.98. The Kier molecular flexibility index (Phi) is 3.85. The van der Waals surface area contributed by atoms with Gasteiger partial charge in [-0.05, 0) is 43.3 Å². The van der Waals surface area contributed by atoms with Crippen molar-refractivity contribution in [2.75, 3.05) is 31.8 Å². The largest absolute Gasteiger partial charge is 0.383 e. The van der Waals surface area contributed by atoms with Crippen LogP contribution in [0.15, 0.2) is 0 Å². The van der Waals surface area contributed by atoms with E-state index in [-0.39, 0.29) is 0 Å². The third kappa shape index (κ3) is 2.55. The van der Waals surface area contributed by atoms with Gasteiger partial charge in [0.15, 0.2) is 0 Å². The van der Waals surface area contributed by atoms with Crippen molar-refractivity contribution in [1.82, 2.24) is 4.90 Å². The summed E-state index contributed by atoms with van der Waals surface area (Å²) in [6.07, 6.45) is 4.88. The SMILES string of the molecule is COCCN(C(=O)C1CC2CC2C1)C1CCSC1. The molecular weight excluding hydrogens is 246 g/mol. The Hall–Kier alpha value is -0.220. The molecule has 0 N–H and O–H groups in total. The zero-order valence-corrected chi connectivity index (χ0v) is 12.0. The van der Waals surface area contributed by atoms with Crippen molar-refractivity contribution in [2.24, 2.45) is 17.8 Å². The summed E-state index contributed by atoms with van der Waals surface area (Å²) in [4.78, 5) is 14.8. The Morgan fingerprint density at radius 2 is 2.11 bits per heavy atom. The van der Waals surface area contributed by atoms with Crippen LogP contribution in [0.25, 0.3) is 0 Å². The van der Waals surface area contributed by atoms with Crippen LogP contribution in [0.1, 0.15) is 25.7 Å². The van der Waals surface area contributed by atoms with Crippen molar-refractivity contribution in [1.29, 1.82) is 0 Å². The molecule has 0 aromatic rings. The van der Waals surface area contributed by atoms with Crippen LogP contribution in [-0.2, 0) is 9.53 Å². The number of amides is 1. The van der Waals surface area contributed by atoms with Crippen LogP contribution < -0.4 is 0 Å². The molecule has 1 saturated heterocycles. The van der Waals surface area contributed by atoms with Crippen LogP contribution >= 0.6 is 11.8 Å². The maximum Gasteiger partial charge on any atom is 0.226 e. The van der Waals surface area contributed by atoms with E-state index >= 15 is 0 Å². The molecule has 0 aromatic heterocycles. The zero-order valence-electron chi connectivity index (χ0n) is 11.1. The first-order valence-electron chi connectivity index (χ1n) is 7.16. The molecule has 0 spiro atoms. The number of nitrogens with zero attached hydrogens (tertiary/aromatic N) is 1. The van der Waals surface area contributed by atoms with Gasteiger partial charge in [-0.3, -0.25) is 4.79 Å². The molecule has 2 aliphatic carbocycles. The van der Waals surface area contributed by atoms with E-state index in [0.717, 1.165) is 37.0 Å². The molecule has 3 unspecified atom stereocenters. The number of fused-ring (bicyclic) bond motifs is 1. The zero-order chi connectivity index (χ0) is 12.5. The molecule has 3 atom stereocenters. The molecule has 3 nitrogen and oxygen atoms in total. The van der Waals surface area contributed by atoms with Crippen LogP contribution in [-0.4, -0.2) is 48.6 Å². The van der Waals surface area contributed by atoms with E-state index in [1.807, 2.05) is 11.8 Å². The summed E-state index contributed by atoms with van der Waals surface area (Å²) in [5, 5.41) is 0. The van der Waals surface area contributed by atoms with Crippen molar-refractivity contribution >= 4 is 17.7 Å². The molecule has 102 valence electrons. The van der Waals surface area contributed by atoms with Crippen LogP contribution in [0.4, 0.5) is 0 Å². The fourth-order valence-electron chi connectivity index (χ4n) is 3.58. The monoisotopic (exact) mass is 269 g/mol. The fourth-order valence-corrected chi connectivity index (χ4v) is 4.81. The minimum Gasteiger partial charge on any atom is -0.383 e. The second-order valence-corrected chi connectivity index (χ2v) is 7.12. The van der Waals surface area contributed by atoms with E-state index in [1.54, 1.807) is 7.11 Å². The van der Waals surface area contributed by atoms with Crippen LogP contribution in [0, 0.1) is 17.8 Å². The first kappa shape index (κ1) is 12.8. The van der Waals surface area contributed by atoms with Gasteiger partial charge in [-0.2, -0.15) is 11.8 Å². The number of ether oxygens (including phenoxy) is 1. The average molecular weight is 269 g/mol. The lowest BCUT2D eigenvalue weighted by atomic mass is 10.0. The van der Waals surface area contributed by atoms with Gasteiger partial charge in [0.2, 0.25) is 5.91 Å². The number of carbonyl (C=O) groups is 1.